The fourth-order valence-corrected chi connectivity index (χ4v) is 7.18. The Morgan fingerprint density at radius 2 is 0.705 bits per heavy atom. The predicted octanol–water partition coefficient (Wildman–Crippen LogP) is 10.2. The van der Waals surface area contributed by atoms with Gasteiger partial charge in [-0.2, -0.15) is 10.5 Å². The maximum absolute atomic E-state index is 11.2. The average molecular weight is 571 g/mol. The second-order valence-corrected chi connectivity index (χ2v) is 13.7. The van der Waals surface area contributed by atoms with Gasteiger partial charge in [0.05, 0.1) is 44.6 Å². The van der Waals surface area contributed by atoms with E-state index in [0.717, 1.165) is 60.4 Å². The van der Waals surface area contributed by atoms with Crippen molar-refractivity contribution in [3.05, 3.63) is 119 Å². The van der Waals surface area contributed by atoms with E-state index in [-0.39, 0.29) is 0 Å². The third-order valence-corrected chi connectivity index (χ3v) is 8.78. The molecule has 0 N–H and O–H groups in total. The minimum absolute atomic E-state index is 0.436. The van der Waals surface area contributed by atoms with Crippen LogP contribution < -0.4 is 0 Å². The Hall–Kier alpha value is -5.32. The molecule has 214 valence electrons. The lowest BCUT2D eigenvalue weighted by Gasteiger charge is -2.34. The zero-order valence-corrected chi connectivity index (χ0v) is 26.0. The first-order chi connectivity index (χ1) is 21.1. The summed E-state index contributed by atoms with van der Waals surface area (Å²) in [5.74, 6) is 0. The molecule has 0 atom stereocenters. The summed E-state index contributed by atoms with van der Waals surface area (Å²) in [4.78, 5) is 0. The molecule has 4 heteroatoms. The highest BCUT2D eigenvalue weighted by atomic mass is 15.0. The van der Waals surface area contributed by atoms with Gasteiger partial charge in [-0.25, -0.2) is 0 Å². The molecule has 7 rings (SSSR count). The van der Waals surface area contributed by atoms with Gasteiger partial charge in [-0.15, -0.1) is 0 Å². The molecule has 44 heavy (non-hydrogen) atoms. The lowest BCUT2D eigenvalue weighted by Crippen LogP contribution is -2.27. The highest BCUT2D eigenvalue weighted by Crippen LogP contribution is 2.48. The molecule has 0 amide bonds. The number of nitrogens with zero attached hydrogens (tertiary/aromatic N) is 4. The van der Waals surface area contributed by atoms with Crippen molar-refractivity contribution in [2.75, 3.05) is 0 Å². The first-order valence-corrected chi connectivity index (χ1v) is 15.1. The maximum Gasteiger partial charge on any atom is 0.102 e. The molecule has 0 saturated heterocycles. The maximum atomic E-state index is 11.2. The normalized spacial score (nSPS) is 12.3. The van der Waals surface area contributed by atoms with E-state index in [2.05, 4.69) is 136 Å². The first-order valence-electron chi connectivity index (χ1n) is 15.1. The van der Waals surface area contributed by atoms with Crippen LogP contribution in [0.4, 0.5) is 0 Å². The van der Waals surface area contributed by atoms with Crippen molar-refractivity contribution < 1.29 is 0 Å². The van der Waals surface area contributed by atoms with Crippen molar-refractivity contribution in [1.82, 2.24) is 9.13 Å². The molecule has 0 aliphatic heterocycles. The second kappa shape index (κ2) is 9.60. The van der Waals surface area contributed by atoms with E-state index < -0.39 is 10.8 Å². The van der Waals surface area contributed by atoms with Crippen LogP contribution in [0.3, 0.4) is 0 Å². The van der Waals surface area contributed by atoms with Crippen LogP contribution in [0.1, 0.15) is 63.8 Å². The van der Waals surface area contributed by atoms with E-state index in [4.69, 9.17) is 0 Å². The zero-order valence-electron chi connectivity index (χ0n) is 26.0. The molecule has 4 nitrogen and oxygen atoms in total. The van der Waals surface area contributed by atoms with Crippen molar-refractivity contribution in [1.29, 1.82) is 10.5 Å². The standard InChI is InChI=1S/C40H34N4/c1-39(2,3)35-29(23-41)37(43-31-19-11-7-15-25(31)26-16-8-12-20-32(26)43)30(24-42)36(40(4,5)6)38(35)44-33-21-13-9-17-27(33)28-18-10-14-22-34(28)44/h7-22H,1-6H3. The SMILES string of the molecule is CC(C)(C)c1c(C#N)c(-n2c3ccccc3c3ccccc32)c(C#N)c(C(C)(C)C)c1-n1c2ccccc2c2ccccc21. The largest absolute Gasteiger partial charge is 0.309 e. The summed E-state index contributed by atoms with van der Waals surface area (Å²) in [6, 6.07) is 38.7. The predicted molar refractivity (Wildman–Crippen MR) is 182 cm³/mol. The first kappa shape index (κ1) is 27.5. The van der Waals surface area contributed by atoms with Crippen LogP contribution in [0, 0.1) is 22.7 Å². The summed E-state index contributed by atoms with van der Waals surface area (Å²) in [7, 11) is 0. The molecule has 0 spiro atoms. The third kappa shape index (κ3) is 3.81. The number of benzene rings is 5. The van der Waals surface area contributed by atoms with Crippen LogP contribution in [-0.2, 0) is 10.8 Å². The molecule has 7 aromatic rings. The van der Waals surface area contributed by atoms with E-state index in [1.54, 1.807) is 0 Å². The highest BCUT2D eigenvalue weighted by Gasteiger charge is 2.37. The average Bonchev–Trinajstić information content (AvgIpc) is 3.51. The summed E-state index contributed by atoms with van der Waals surface area (Å²) >= 11 is 0. The van der Waals surface area contributed by atoms with Crippen molar-refractivity contribution in [3.63, 3.8) is 0 Å². The van der Waals surface area contributed by atoms with Gasteiger partial charge in [0.15, 0.2) is 0 Å². The van der Waals surface area contributed by atoms with Crippen molar-refractivity contribution in [2.24, 2.45) is 0 Å². The lowest BCUT2D eigenvalue weighted by atomic mass is 9.73. The van der Waals surface area contributed by atoms with E-state index in [1.807, 2.05) is 24.3 Å². The monoisotopic (exact) mass is 570 g/mol. The van der Waals surface area contributed by atoms with Crippen LogP contribution in [0.15, 0.2) is 97.1 Å². The zero-order chi connectivity index (χ0) is 31.0. The molecule has 2 aromatic heterocycles. The van der Waals surface area contributed by atoms with Gasteiger partial charge in [-0.05, 0) is 35.1 Å². The second-order valence-electron chi connectivity index (χ2n) is 13.7. The molecule has 0 aliphatic carbocycles. The molecular formula is C40H34N4. The summed E-state index contributed by atoms with van der Waals surface area (Å²) in [6.45, 7) is 13.1. The molecule has 0 bridgehead atoms. The Morgan fingerprint density at radius 3 is 0.977 bits per heavy atom. The van der Waals surface area contributed by atoms with Crippen LogP contribution >= 0.6 is 0 Å². The minimum Gasteiger partial charge on any atom is -0.309 e. The van der Waals surface area contributed by atoms with Gasteiger partial charge in [-0.3, -0.25) is 0 Å². The highest BCUT2D eigenvalue weighted by molar-refractivity contribution is 6.11. The number of hydrogen-bond donors (Lipinski definition) is 0. The van der Waals surface area contributed by atoms with Gasteiger partial charge < -0.3 is 9.13 Å². The van der Waals surface area contributed by atoms with E-state index in [9.17, 15) is 10.5 Å². The Labute approximate surface area is 258 Å². The number of hydrogen-bond acceptors (Lipinski definition) is 2. The Morgan fingerprint density at radius 1 is 0.432 bits per heavy atom. The number of aromatic nitrogens is 2. The fraction of sp³-hybridized carbons (Fsp3) is 0.200. The summed E-state index contributed by atoms with van der Waals surface area (Å²) < 4.78 is 4.46. The number of rotatable bonds is 2. The summed E-state index contributed by atoms with van der Waals surface area (Å²) in [5.41, 5.74) is 7.73. The quantitative estimate of drug-likeness (QED) is 0.208. The molecule has 0 unspecified atom stereocenters. The topological polar surface area (TPSA) is 57.4 Å². The van der Waals surface area contributed by atoms with Gasteiger partial charge in [0.25, 0.3) is 0 Å². The van der Waals surface area contributed by atoms with E-state index in [1.165, 1.54) is 0 Å². The van der Waals surface area contributed by atoms with Gasteiger partial charge in [-0.1, -0.05) is 114 Å². The molecule has 0 saturated carbocycles. The third-order valence-electron chi connectivity index (χ3n) is 8.78. The molecule has 0 fully saturated rings. The lowest BCUT2D eigenvalue weighted by molar-refractivity contribution is 0.561. The number of fused-ring (bicyclic) bond motifs is 6. The Kier molecular flexibility index (Phi) is 6.00. The fourth-order valence-electron chi connectivity index (χ4n) is 7.18. The van der Waals surface area contributed by atoms with Crippen LogP contribution in [-0.4, -0.2) is 9.13 Å². The van der Waals surface area contributed by atoms with E-state index >= 15 is 0 Å². The van der Waals surface area contributed by atoms with Crippen molar-refractivity contribution in [3.8, 4) is 23.5 Å². The molecular weight excluding hydrogens is 536 g/mol. The molecule has 5 aromatic carbocycles. The summed E-state index contributed by atoms with van der Waals surface area (Å²) in [5, 5.41) is 26.8. The van der Waals surface area contributed by atoms with Crippen molar-refractivity contribution >= 4 is 43.6 Å². The van der Waals surface area contributed by atoms with Gasteiger partial charge in [0.2, 0.25) is 0 Å². The Bertz CT molecular complexity index is 2210. The smallest absolute Gasteiger partial charge is 0.102 e. The molecule has 0 radical (unpaired) electrons. The van der Waals surface area contributed by atoms with Crippen LogP contribution in [0.25, 0.3) is 55.0 Å². The van der Waals surface area contributed by atoms with Crippen LogP contribution in [0.2, 0.25) is 0 Å². The molecule has 2 heterocycles. The van der Waals surface area contributed by atoms with Crippen molar-refractivity contribution in [2.45, 2.75) is 52.4 Å². The Balaban J connectivity index is 1.81. The minimum atomic E-state index is -0.436. The number of para-hydroxylation sites is 4. The summed E-state index contributed by atoms with van der Waals surface area (Å²) in [6.07, 6.45) is 0. The van der Waals surface area contributed by atoms with Crippen LogP contribution in [0.5, 0.6) is 0 Å². The van der Waals surface area contributed by atoms with E-state index in [0.29, 0.717) is 16.8 Å². The molecule has 0 aliphatic rings. The van der Waals surface area contributed by atoms with Gasteiger partial charge >= 0.3 is 0 Å². The number of nitriles is 2. The van der Waals surface area contributed by atoms with Gasteiger partial charge in [0, 0.05) is 32.7 Å². The van der Waals surface area contributed by atoms with Gasteiger partial charge in [0.1, 0.15) is 12.1 Å².